The summed E-state index contributed by atoms with van der Waals surface area (Å²) in [7, 11) is 0. The maximum Gasteiger partial charge on any atom is 0.146 e. The summed E-state index contributed by atoms with van der Waals surface area (Å²) in [4.78, 5) is 3.97. The number of benzene rings is 1. The molecule has 3 aromatic rings. The number of tetrazole rings is 1. The second-order valence-corrected chi connectivity index (χ2v) is 4.57. The average Bonchev–Trinajstić information content (AvgIpc) is 3.04. The summed E-state index contributed by atoms with van der Waals surface area (Å²) in [6, 6.07) is 8.41. The highest BCUT2D eigenvalue weighted by Crippen LogP contribution is 2.23. The second kappa shape index (κ2) is 5.66. The number of anilines is 1. The topological polar surface area (TPSA) is 68.5 Å². The van der Waals surface area contributed by atoms with E-state index in [4.69, 9.17) is 0 Å². The van der Waals surface area contributed by atoms with Crippen LogP contribution in [0, 0.1) is 5.82 Å². The third kappa shape index (κ3) is 2.86. The quantitative estimate of drug-likeness (QED) is 0.796. The van der Waals surface area contributed by atoms with Crippen LogP contribution in [-0.2, 0) is 0 Å². The standard InChI is InChI=1S/C14H13FN6/c1-10(11-4-6-16-7-5-11)18-14-8-12(2-3-13(14)15)21-9-17-19-20-21/h2-10,18H,1H3. The molecule has 0 amide bonds. The molecule has 0 spiro atoms. The van der Waals surface area contributed by atoms with Crippen LogP contribution >= 0.6 is 0 Å². The molecule has 3 rings (SSSR count). The van der Waals surface area contributed by atoms with Crippen molar-refractivity contribution in [2.45, 2.75) is 13.0 Å². The zero-order valence-corrected chi connectivity index (χ0v) is 11.3. The molecule has 0 fully saturated rings. The van der Waals surface area contributed by atoms with E-state index in [0.29, 0.717) is 11.4 Å². The van der Waals surface area contributed by atoms with Gasteiger partial charge in [0.05, 0.1) is 11.4 Å². The van der Waals surface area contributed by atoms with Crippen molar-refractivity contribution in [1.29, 1.82) is 0 Å². The molecule has 0 radical (unpaired) electrons. The Morgan fingerprint density at radius 3 is 2.71 bits per heavy atom. The van der Waals surface area contributed by atoms with Gasteiger partial charge in [-0.15, -0.1) is 5.10 Å². The van der Waals surface area contributed by atoms with Crippen molar-refractivity contribution in [2.24, 2.45) is 0 Å². The van der Waals surface area contributed by atoms with Crippen LogP contribution in [-0.4, -0.2) is 25.2 Å². The fourth-order valence-corrected chi connectivity index (χ4v) is 2.01. The number of nitrogens with one attached hydrogen (secondary N) is 1. The SMILES string of the molecule is CC(Nc1cc(-n2cnnn2)ccc1F)c1ccncc1. The zero-order valence-electron chi connectivity index (χ0n) is 11.3. The molecule has 2 aromatic heterocycles. The van der Waals surface area contributed by atoms with E-state index in [1.54, 1.807) is 24.5 Å². The first-order valence-corrected chi connectivity index (χ1v) is 6.43. The van der Waals surface area contributed by atoms with E-state index >= 15 is 0 Å². The second-order valence-electron chi connectivity index (χ2n) is 4.57. The Hall–Kier alpha value is -2.83. The summed E-state index contributed by atoms with van der Waals surface area (Å²) in [6.45, 7) is 1.96. The van der Waals surface area contributed by atoms with Gasteiger partial charge in [-0.2, -0.15) is 0 Å². The molecule has 1 unspecified atom stereocenters. The van der Waals surface area contributed by atoms with E-state index in [1.165, 1.54) is 17.1 Å². The van der Waals surface area contributed by atoms with Crippen molar-refractivity contribution in [2.75, 3.05) is 5.32 Å². The first-order chi connectivity index (χ1) is 10.2. The minimum Gasteiger partial charge on any atom is -0.376 e. The molecule has 1 N–H and O–H groups in total. The predicted octanol–water partition coefficient (Wildman–Crippen LogP) is 2.37. The van der Waals surface area contributed by atoms with Crippen LogP contribution in [0.3, 0.4) is 0 Å². The van der Waals surface area contributed by atoms with Gasteiger partial charge >= 0.3 is 0 Å². The van der Waals surface area contributed by atoms with E-state index in [1.807, 2.05) is 19.1 Å². The fraction of sp³-hybridized carbons (Fsp3) is 0.143. The van der Waals surface area contributed by atoms with Crippen molar-refractivity contribution < 1.29 is 4.39 Å². The van der Waals surface area contributed by atoms with Crippen LogP contribution in [0.25, 0.3) is 5.69 Å². The summed E-state index contributed by atoms with van der Waals surface area (Å²) in [5.74, 6) is -0.326. The first kappa shape index (κ1) is 13.2. The van der Waals surface area contributed by atoms with Gasteiger partial charge in [-0.05, 0) is 53.2 Å². The van der Waals surface area contributed by atoms with Crippen molar-refractivity contribution >= 4 is 5.69 Å². The molecular weight excluding hydrogens is 271 g/mol. The molecule has 0 saturated carbocycles. The Morgan fingerprint density at radius 2 is 2.00 bits per heavy atom. The molecule has 1 atom stereocenters. The molecule has 0 saturated heterocycles. The van der Waals surface area contributed by atoms with Crippen LogP contribution in [0.4, 0.5) is 10.1 Å². The minimum atomic E-state index is -0.326. The summed E-state index contributed by atoms with van der Waals surface area (Å²) < 4.78 is 15.4. The van der Waals surface area contributed by atoms with E-state index in [0.717, 1.165) is 5.56 Å². The predicted molar refractivity (Wildman–Crippen MR) is 75.4 cm³/mol. The Balaban J connectivity index is 1.86. The van der Waals surface area contributed by atoms with Crippen LogP contribution in [0.2, 0.25) is 0 Å². The Labute approximate surface area is 120 Å². The molecule has 106 valence electrons. The third-order valence-electron chi connectivity index (χ3n) is 3.14. The lowest BCUT2D eigenvalue weighted by Crippen LogP contribution is -2.09. The molecular formula is C14H13FN6. The maximum absolute atomic E-state index is 14.0. The van der Waals surface area contributed by atoms with Gasteiger partial charge in [0.15, 0.2) is 0 Å². The Bertz CT molecular complexity index is 714. The zero-order chi connectivity index (χ0) is 14.7. The number of rotatable bonds is 4. The van der Waals surface area contributed by atoms with Gasteiger partial charge in [-0.3, -0.25) is 4.98 Å². The molecule has 0 aliphatic heterocycles. The molecule has 1 aromatic carbocycles. The van der Waals surface area contributed by atoms with Crippen LogP contribution in [0.5, 0.6) is 0 Å². The lowest BCUT2D eigenvalue weighted by Gasteiger charge is -2.16. The number of hydrogen-bond donors (Lipinski definition) is 1. The van der Waals surface area contributed by atoms with E-state index in [2.05, 4.69) is 25.8 Å². The smallest absolute Gasteiger partial charge is 0.146 e. The molecule has 6 nitrogen and oxygen atoms in total. The number of hydrogen-bond acceptors (Lipinski definition) is 5. The number of nitrogens with zero attached hydrogens (tertiary/aromatic N) is 5. The minimum absolute atomic E-state index is 0.0494. The van der Waals surface area contributed by atoms with Gasteiger partial charge < -0.3 is 5.32 Å². The molecule has 21 heavy (non-hydrogen) atoms. The third-order valence-corrected chi connectivity index (χ3v) is 3.14. The Morgan fingerprint density at radius 1 is 1.19 bits per heavy atom. The van der Waals surface area contributed by atoms with Gasteiger partial charge in [0.25, 0.3) is 0 Å². The molecule has 0 aliphatic carbocycles. The normalized spacial score (nSPS) is 12.1. The summed E-state index contributed by atoms with van der Waals surface area (Å²) >= 11 is 0. The van der Waals surface area contributed by atoms with Crippen LogP contribution in [0.1, 0.15) is 18.5 Å². The summed E-state index contributed by atoms with van der Waals surface area (Å²) in [5, 5.41) is 14.1. The number of pyridine rings is 1. The van der Waals surface area contributed by atoms with Gasteiger partial charge in [-0.25, -0.2) is 9.07 Å². The van der Waals surface area contributed by atoms with Gasteiger partial charge in [0, 0.05) is 18.4 Å². The van der Waals surface area contributed by atoms with Crippen LogP contribution in [0.15, 0.2) is 49.1 Å². The van der Waals surface area contributed by atoms with E-state index in [-0.39, 0.29) is 11.9 Å². The van der Waals surface area contributed by atoms with Gasteiger partial charge in [0.2, 0.25) is 0 Å². The van der Waals surface area contributed by atoms with Crippen molar-refractivity contribution in [3.8, 4) is 5.69 Å². The highest BCUT2D eigenvalue weighted by molar-refractivity contribution is 5.53. The van der Waals surface area contributed by atoms with Crippen molar-refractivity contribution in [1.82, 2.24) is 25.2 Å². The maximum atomic E-state index is 14.0. The lowest BCUT2D eigenvalue weighted by atomic mass is 10.1. The fourth-order valence-electron chi connectivity index (χ4n) is 2.01. The van der Waals surface area contributed by atoms with Crippen LogP contribution < -0.4 is 5.32 Å². The van der Waals surface area contributed by atoms with E-state index in [9.17, 15) is 4.39 Å². The average molecular weight is 284 g/mol. The van der Waals surface area contributed by atoms with Gasteiger partial charge in [0.1, 0.15) is 12.1 Å². The first-order valence-electron chi connectivity index (χ1n) is 6.43. The highest BCUT2D eigenvalue weighted by atomic mass is 19.1. The van der Waals surface area contributed by atoms with Crippen molar-refractivity contribution in [3.63, 3.8) is 0 Å². The number of aromatic nitrogens is 5. The lowest BCUT2D eigenvalue weighted by molar-refractivity contribution is 0.626. The largest absolute Gasteiger partial charge is 0.376 e. The summed E-state index contributed by atoms with van der Waals surface area (Å²) in [5.41, 5.74) is 2.11. The molecule has 0 bridgehead atoms. The molecule has 0 aliphatic rings. The monoisotopic (exact) mass is 284 g/mol. The molecule has 7 heteroatoms. The molecule has 2 heterocycles. The number of halogens is 1. The van der Waals surface area contributed by atoms with Gasteiger partial charge in [-0.1, -0.05) is 0 Å². The Kier molecular flexibility index (Phi) is 3.55. The van der Waals surface area contributed by atoms with E-state index < -0.39 is 0 Å². The summed E-state index contributed by atoms with van der Waals surface area (Å²) in [6.07, 6.45) is 4.88. The van der Waals surface area contributed by atoms with Crippen molar-refractivity contribution in [3.05, 3.63) is 60.4 Å². The highest BCUT2D eigenvalue weighted by Gasteiger charge is 2.10.